The molecule has 0 atom stereocenters. The summed E-state index contributed by atoms with van der Waals surface area (Å²) < 4.78 is 6.42. The highest BCUT2D eigenvalue weighted by Gasteiger charge is 2.12. The predicted molar refractivity (Wildman–Crippen MR) is 127 cm³/mol. The van der Waals surface area contributed by atoms with E-state index >= 15 is 0 Å². The second-order valence-electron chi connectivity index (χ2n) is 7.39. The van der Waals surface area contributed by atoms with Crippen LogP contribution in [0, 0.1) is 36.5 Å². The van der Waals surface area contributed by atoms with Crippen molar-refractivity contribution in [2.45, 2.75) is 13.8 Å². The molecule has 3 aromatic carbocycles. The van der Waals surface area contributed by atoms with Gasteiger partial charge >= 0.3 is 0 Å². The van der Waals surface area contributed by atoms with Crippen molar-refractivity contribution in [2.24, 2.45) is 0 Å². The molecule has 0 spiro atoms. The molecule has 5 heteroatoms. The minimum absolute atomic E-state index is 0.602. The molecule has 0 bridgehead atoms. The molecule has 0 radical (unpaired) electrons. The van der Waals surface area contributed by atoms with Crippen LogP contribution in [0.15, 0.2) is 72.8 Å². The van der Waals surface area contributed by atoms with Crippen molar-refractivity contribution in [3.63, 3.8) is 0 Å². The molecular weight excluding hydrogens is 396 g/mol. The summed E-state index contributed by atoms with van der Waals surface area (Å²) in [5.41, 5.74) is 5.15. The van der Waals surface area contributed by atoms with Gasteiger partial charge in [0, 0.05) is 23.2 Å². The molecule has 0 saturated heterocycles. The number of anilines is 2. The lowest BCUT2D eigenvalue weighted by Gasteiger charge is -2.16. The number of rotatable bonds is 5. The Morgan fingerprint density at radius 1 is 0.938 bits per heavy atom. The number of nitriles is 2. The van der Waals surface area contributed by atoms with E-state index in [1.165, 1.54) is 6.08 Å². The number of hydrogen-bond donors (Lipinski definition) is 1. The molecule has 0 amide bonds. The molecule has 1 heterocycles. The quantitative estimate of drug-likeness (QED) is 0.362. The van der Waals surface area contributed by atoms with Crippen molar-refractivity contribution in [2.75, 3.05) is 5.32 Å². The lowest BCUT2D eigenvalue weighted by atomic mass is 10.1. The van der Waals surface area contributed by atoms with Crippen molar-refractivity contribution in [3.05, 3.63) is 95.1 Å². The van der Waals surface area contributed by atoms with E-state index in [1.807, 2.05) is 74.5 Å². The number of fused-ring (bicyclic) bond motifs is 1. The van der Waals surface area contributed by atoms with Crippen molar-refractivity contribution >= 4 is 28.5 Å². The molecule has 1 N–H and O–H groups in total. The number of benzene rings is 3. The smallest absolute Gasteiger partial charge is 0.140 e. The van der Waals surface area contributed by atoms with Crippen molar-refractivity contribution in [3.8, 4) is 23.6 Å². The predicted octanol–water partition coefficient (Wildman–Crippen LogP) is 6.80. The summed E-state index contributed by atoms with van der Waals surface area (Å²) in [4.78, 5) is 4.71. The van der Waals surface area contributed by atoms with Gasteiger partial charge in [0.05, 0.1) is 23.2 Å². The first-order valence-electron chi connectivity index (χ1n) is 10.1. The number of nitrogens with one attached hydrogen (secondary N) is 1. The van der Waals surface area contributed by atoms with Crippen LogP contribution in [0.3, 0.4) is 0 Å². The van der Waals surface area contributed by atoms with E-state index in [9.17, 15) is 0 Å². The van der Waals surface area contributed by atoms with Gasteiger partial charge in [0.15, 0.2) is 0 Å². The Morgan fingerprint density at radius 3 is 2.34 bits per heavy atom. The summed E-state index contributed by atoms with van der Waals surface area (Å²) in [7, 11) is 0. The summed E-state index contributed by atoms with van der Waals surface area (Å²) in [5.74, 6) is 2.12. The number of hydrogen-bond acceptors (Lipinski definition) is 5. The molecular formula is C27H20N4O. The lowest BCUT2D eigenvalue weighted by molar-refractivity contribution is 0.480. The molecule has 1 aromatic heterocycles. The molecule has 0 saturated carbocycles. The standard InChI is InChI=1S/C27H20N4O/c1-18-14-21(6-5-13-28)15-19(2)27(18)32-25-16-26(31-24-8-4-3-7-23(24)25)30-22-11-9-20(17-29)10-12-22/h3-12,14-16H,1-2H3,(H,30,31)/b6-5+. The van der Waals surface area contributed by atoms with Crippen LogP contribution in [-0.2, 0) is 0 Å². The third-order valence-corrected chi connectivity index (χ3v) is 5.01. The number of allylic oxidation sites excluding steroid dienone is 1. The van der Waals surface area contributed by atoms with E-state index in [0.29, 0.717) is 17.1 Å². The Bertz CT molecular complexity index is 1380. The number of aryl methyl sites for hydroxylation is 2. The maximum atomic E-state index is 9.00. The molecule has 4 rings (SSSR count). The molecule has 5 nitrogen and oxygen atoms in total. The summed E-state index contributed by atoms with van der Waals surface area (Å²) in [6.07, 6.45) is 3.25. The van der Waals surface area contributed by atoms with Crippen LogP contribution in [0.25, 0.3) is 17.0 Å². The fourth-order valence-corrected chi connectivity index (χ4v) is 3.55. The minimum Gasteiger partial charge on any atom is -0.456 e. The molecule has 4 aromatic rings. The SMILES string of the molecule is Cc1cc(/C=C/C#N)cc(C)c1Oc1cc(Nc2ccc(C#N)cc2)nc2ccccc12. The van der Waals surface area contributed by atoms with Gasteiger partial charge in [0.2, 0.25) is 0 Å². The Kier molecular flexibility index (Phi) is 5.83. The van der Waals surface area contributed by atoms with Crippen LogP contribution in [0.4, 0.5) is 11.5 Å². The third-order valence-electron chi connectivity index (χ3n) is 5.01. The molecule has 32 heavy (non-hydrogen) atoms. The molecule has 0 aliphatic carbocycles. The molecule has 0 aliphatic rings. The summed E-state index contributed by atoms with van der Waals surface area (Å²) in [6, 6.07) is 25.1. The normalized spacial score (nSPS) is 10.6. The van der Waals surface area contributed by atoms with Gasteiger partial charge in [-0.05, 0) is 85.1 Å². The van der Waals surface area contributed by atoms with Gasteiger partial charge in [-0.15, -0.1) is 0 Å². The van der Waals surface area contributed by atoms with Crippen LogP contribution in [0.1, 0.15) is 22.3 Å². The summed E-state index contributed by atoms with van der Waals surface area (Å²) >= 11 is 0. The highest BCUT2D eigenvalue weighted by atomic mass is 16.5. The van der Waals surface area contributed by atoms with E-state index in [4.69, 9.17) is 20.2 Å². The highest BCUT2D eigenvalue weighted by molar-refractivity contribution is 5.87. The minimum atomic E-state index is 0.602. The zero-order valence-electron chi connectivity index (χ0n) is 17.8. The molecule has 0 unspecified atom stereocenters. The van der Waals surface area contributed by atoms with Gasteiger partial charge in [-0.25, -0.2) is 4.98 Å². The number of pyridine rings is 1. The van der Waals surface area contributed by atoms with Gasteiger partial charge in [0.1, 0.15) is 17.3 Å². The molecule has 154 valence electrons. The Morgan fingerprint density at radius 2 is 1.66 bits per heavy atom. The second-order valence-corrected chi connectivity index (χ2v) is 7.39. The maximum Gasteiger partial charge on any atom is 0.140 e. The summed E-state index contributed by atoms with van der Waals surface area (Å²) in [5, 5.41) is 22.0. The monoisotopic (exact) mass is 416 g/mol. The van der Waals surface area contributed by atoms with Crippen LogP contribution < -0.4 is 10.1 Å². The first kappa shape index (κ1) is 20.7. The summed E-state index contributed by atoms with van der Waals surface area (Å²) in [6.45, 7) is 3.98. The Hall–Kier alpha value is -4.61. The third kappa shape index (κ3) is 4.43. The van der Waals surface area contributed by atoms with Crippen molar-refractivity contribution in [1.82, 2.24) is 4.98 Å². The average molecular weight is 416 g/mol. The van der Waals surface area contributed by atoms with E-state index in [1.54, 1.807) is 18.2 Å². The van der Waals surface area contributed by atoms with Crippen molar-refractivity contribution < 1.29 is 4.74 Å². The largest absolute Gasteiger partial charge is 0.456 e. The van der Waals surface area contributed by atoms with Crippen LogP contribution in [-0.4, -0.2) is 4.98 Å². The highest BCUT2D eigenvalue weighted by Crippen LogP contribution is 2.36. The first-order valence-corrected chi connectivity index (χ1v) is 10.1. The maximum absolute atomic E-state index is 9.00. The topological polar surface area (TPSA) is 81.7 Å². The average Bonchev–Trinajstić information content (AvgIpc) is 2.80. The molecule has 0 aliphatic heterocycles. The number of para-hydroxylation sites is 1. The zero-order chi connectivity index (χ0) is 22.5. The fraction of sp³-hybridized carbons (Fsp3) is 0.0741. The fourth-order valence-electron chi connectivity index (χ4n) is 3.55. The van der Waals surface area contributed by atoms with E-state index in [2.05, 4.69) is 11.4 Å². The lowest BCUT2D eigenvalue weighted by Crippen LogP contribution is -1.98. The van der Waals surface area contributed by atoms with Crippen LogP contribution in [0.5, 0.6) is 11.5 Å². The number of nitrogens with zero attached hydrogens (tertiary/aromatic N) is 3. The van der Waals surface area contributed by atoms with Crippen LogP contribution in [0.2, 0.25) is 0 Å². The van der Waals surface area contributed by atoms with E-state index in [-0.39, 0.29) is 0 Å². The van der Waals surface area contributed by atoms with Crippen molar-refractivity contribution in [1.29, 1.82) is 10.5 Å². The van der Waals surface area contributed by atoms with Crippen LogP contribution >= 0.6 is 0 Å². The van der Waals surface area contributed by atoms with Gasteiger partial charge < -0.3 is 10.1 Å². The molecule has 0 fully saturated rings. The number of aromatic nitrogens is 1. The Labute approximate surface area is 186 Å². The van der Waals surface area contributed by atoms with Gasteiger partial charge in [0.25, 0.3) is 0 Å². The van der Waals surface area contributed by atoms with Gasteiger partial charge in [-0.3, -0.25) is 0 Å². The van der Waals surface area contributed by atoms with Gasteiger partial charge in [-0.1, -0.05) is 12.1 Å². The Balaban J connectivity index is 1.73. The second kappa shape index (κ2) is 9.04. The van der Waals surface area contributed by atoms with E-state index in [0.717, 1.165) is 39.0 Å². The van der Waals surface area contributed by atoms with E-state index < -0.39 is 0 Å². The van der Waals surface area contributed by atoms with Gasteiger partial charge in [-0.2, -0.15) is 10.5 Å². The number of ether oxygens (including phenoxy) is 1. The zero-order valence-corrected chi connectivity index (χ0v) is 17.8. The first-order chi connectivity index (χ1) is 15.6.